The number of aryl methyl sites for hydroxylation is 1. The lowest BCUT2D eigenvalue weighted by atomic mass is 9.79. The molecule has 0 saturated carbocycles. The van der Waals surface area contributed by atoms with Crippen LogP contribution in [-0.2, 0) is 0 Å². The minimum Gasteiger partial charge on any atom is -0.288 e. The van der Waals surface area contributed by atoms with Crippen LogP contribution in [0.5, 0.6) is 0 Å². The number of nitro groups is 1. The molecule has 0 N–H and O–H groups in total. The van der Waals surface area contributed by atoms with Crippen molar-refractivity contribution in [2.75, 3.05) is 0 Å². The van der Waals surface area contributed by atoms with Gasteiger partial charge in [-0.15, -0.1) is 0 Å². The molecular formula is C17H12ClNO4. The van der Waals surface area contributed by atoms with Gasteiger partial charge in [-0.1, -0.05) is 11.6 Å². The van der Waals surface area contributed by atoms with Crippen LogP contribution >= 0.6 is 11.6 Å². The molecule has 0 heterocycles. The minimum atomic E-state index is -0.665. The minimum absolute atomic E-state index is 0.0467. The Bertz CT molecular complexity index is 931. The fourth-order valence-corrected chi connectivity index (χ4v) is 3.23. The highest BCUT2D eigenvalue weighted by Crippen LogP contribution is 2.39. The fourth-order valence-electron chi connectivity index (χ4n) is 2.98. The first kappa shape index (κ1) is 15.4. The summed E-state index contributed by atoms with van der Waals surface area (Å²) in [6.07, 6.45) is 0. The first-order chi connectivity index (χ1) is 10.8. The summed E-state index contributed by atoms with van der Waals surface area (Å²) in [6.45, 7) is 5.45. The number of hydrogen-bond donors (Lipinski definition) is 0. The van der Waals surface area contributed by atoms with Gasteiger partial charge in [-0.3, -0.25) is 19.7 Å². The Hall–Kier alpha value is -2.53. The lowest BCUT2D eigenvalue weighted by Gasteiger charge is -2.22. The summed E-state index contributed by atoms with van der Waals surface area (Å²) in [5.74, 6) is -0.973. The maximum atomic E-state index is 12.9. The van der Waals surface area contributed by atoms with Crippen LogP contribution in [0, 0.1) is 30.9 Å². The molecule has 0 amide bonds. The second-order valence-electron chi connectivity index (χ2n) is 5.60. The molecule has 6 heteroatoms. The van der Waals surface area contributed by atoms with E-state index in [9.17, 15) is 19.7 Å². The summed E-state index contributed by atoms with van der Waals surface area (Å²) < 4.78 is 0. The summed E-state index contributed by atoms with van der Waals surface area (Å²) in [5, 5.41) is 11.3. The quantitative estimate of drug-likeness (QED) is 0.500. The van der Waals surface area contributed by atoms with E-state index in [0.29, 0.717) is 5.56 Å². The standard InChI is InChI=1S/C17H12ClNO4/c1-7-6-10-13(9(3)8(7)2)17(21)15-12(19(22)23)5-4-11(18)14(15)16(10)20/h4-6H,1-3H3. The average molecular weight is 330 g/mol. The molecule has 5 nitrogen and oxygen atoms in total. The van der Waals surface area contributed by atoms with E-state index in [0.717, 1.165) is 17.2 Å². The molecule has 0 aliphatic heterocycles. The number of ketones is 2. The van der Waals surface area contributed by atoms with Crippen molar-refractivity contribution >= 4 is 28.9 Å². The molecule has 0 saturated heterocycles. The van der Waals surface area contributed by atoms with E-state index < -0.39 is 22.2 Å². The third-order valence-corrected chi connectivity index (χ3v) is 4.73. The second-order valence-corrected chi connectivity index (χ2v) is 6.01. The largest absolute Gasteiger partial charge is 0.288 e. The number of benzene rings is 2. The number of carbonyl (C=O) groups excluding carboxylic acids is 2. The van der Waals surface area contributed by atoms with Gasteiger partial charge in [0.15, 0.2) is 5.78 Å². The lowest BCUT2D eigenvalue weighted by Crippen LogP contribution is -2.24. The fraction of sp³-hybridized carbons (Fsp3) is 0.176. The summed E-state index contributed by atoms with van der Waals surface area (Å²) in [4.78, 5) is 36.3. The van der Waals surface area contributed by atoms with E-state index in [2.05, 4.69) is 0 Å². The monoisotopic (exact) mass is 329 g/mol. The van der Waals surface area contributed by atoms with Gasteiger partial charge in [0, 0.05) is 17.2 Å². The maximum absolute atomic E-state index is 12.9. The smallest absolute Gasteiger partial charge is 0.281 e. The van der Waals surface area contributed by atoms with Crippen molar-refractivity contribution in [3.63, 3.8) is 0 Å². The third kappa shape index (κ3) is 2.00. The van der Waals surface area contributed by atoms with E-state index in [1.807, 2.05) is 13.8 Å². The van der Waals surface area contributed by atoms with Gasteiger partial charge >= 0.3 is 0 Å². The van der Waals surface area contributed by atoms with Crippen LogP contribution in [0.4, 0.5) is 5.69 Å². The Morgan fingerprint density at radius 3 is 2.22 bits per heavy atom. The van der Waals surface area contributed by atoms with Crippen LogP contribution in [0.15, 0.2) is 18.2 Å². The number of carbonyl (C=O) groups is 2. The van der Waals surface area contributed by atoms with E-state index in [1.165, 1.54) is 6.07 Å². The van der Waals surface area contributed by atoms with E-state index in [1.54, 1.807) is 13.0 Å². The topological polar surface area (TPSA) is 77.3 Å². The maximum Gasteiger partial charge on any atom is 0.281 e. The van der Waals surface area contributed by atoms with Gasteiger partial charge in [-0.2, -0.15) is 0 Å². The second kappa shape index (κ2) is 4.99. The molecule has 0 aromatic heterocycles. The first-order valence-electron chi connectivity index (χ1n) is 6.92. The molecule has 0 fully saturated rings. The van der Waals surface area contributed by atoms with Crippen molar-refractivity contribution in [1.82, 2.24) is 0 Å². The molecule has 2 aromatic carbocycles. The van der Waals surface area contributed by atoms with Crippen molar-refractivity contribution in [2.45, 2.75) is 20.8 Å². The predicted octanol–water partition coefficient (Wildman–Crippen LogP) is 3.95. The van der Waals surface area contributed by atoms with Crippen molar-refractivity contribution in [3.8, 4) is 0 Å². The van der Waals surface area contributed by atoms with Crippen LogP contribution in [-0.4, -0.2) is 16.5 Å². The van der Waals surface area contributed by atoms with Gasteiger partial charge in [-0.05, 0) is 49.6 Å². The normalized spacial score (nSPS) is 12.9. The Morgan fingerprint density at radius 2 is 1.61 bits per heavy atom. The number of nitrogens with zero attached hydrogens (tertiary/aromatic N) is 1. The highest BCUT2D eigenvalue weighted by atomic mass is 35.5. The highest BCUT2D eigenvalue weighted by Gasteiger charge is 2.38. The Kier molecular flexibility index (Phi) is 3.34. The number of halogens is 1. The van der Waals surface area contributed by atoms with Gasteiger partial charge in [0.1, 0.15) is 5.56 Å². The van der Waals surface area contributed by atoms with Crippen molar-refractivity contribution < 1.29 is 14.5 Å². The third-order valence-electron chi connectivity index (χ3n) is 4.41. The average Bonchev–Trinajstić information content (AvgIpc) is 2.49. The number of hydrogen-bond acceptors (Lipinski definition) is 4. The first-order valence-corrected chi connectivity index (χ1v) is 7.30. The number of rotatable bonds is 1. The summed E-state index contributed by atoms with van der Waals surface area (Å²) >= 11 is 6.06. The van der Waals surface area contributed by atoms with Gasteiger partial charge in [-0.25, -0.2) is 0 Å². The highest BCUT2D eigenvalue weighted by molar-refractivity contribution is 6.39. The van der Waals surface area contributed by atoms with E-state index >= 15 is 0 Å². The zero-order valence-electron chi connectivity index (χ0n) is 12.7. The van der Waals surface area contributed by atoms with Gasteiger partial charge in [0.05, 0.1) is 15.5 Å². The van der Waals surface area contributed by atoms with Gasteiger partial charge in [0.2, 0.25) is 5.78 Å². The molecule has 1 aliphatic carbocycles. The molecule has 0 bridgehead atoms. The SMILES string of the molecule is Cc1cc2c(c(C)c1C)C(=O)c1c([N+](=O)[O-])ccc(Cl)c1C2=O. The molecule has 0 spiro atoms. The van der Waals surface area contributed by atoms with Gasteiger partial charge in [0.25, 0.3) is 5.69 Å². The molecular weight excluding hydrogens is 318 g/mol. The summed E-state index contributed by atoms with van der Waals surface area (Å²) in [5.41, 5.74) is 2.23. The Morgan fingerprint density at radius 1 is 0.957 bits per heavy atom. The van der Waals surface area contributed by atoms with Crippen molar-refractivity contribution in [2.24, 2.45) is 0 Å². The lowest BCUT2D eigenvalue weighted by molar-refractivity contribution is -0.385. The number of fused-ring (bicyclic) bond motifs is 2. The predicted molar refractivity (Wildman–Crippen MR) is 85.6 cm³/mol. The molecule has 1 aliphatic rings. The van der Waals surface area contributed by atoms with Gasteiger partial charge < -0.3 is 0 Å². The number of nitro benzene ring substituents is 1. The van der Waals surface area contributed by atoms with Crippen LogP contribution in [0.25, 0.3) is 0 Å². The Balaban J connectivity index is 2.45. The molecule has 116 valence electrons. The van der Waals surface area contributed by atoms with E-state index in [-0.39, 0.29) is 27.3 Å². The zero-order chi connectivity index (χ0) is 17.0. The van der Waals surface area contributed by atoms with E-state index in [4.69, 9.17) is 11.6 Å². The molecule has 2 aromatic rings. The summed E-state index contributed by atoms with van der Waals surface area (Å²) in [6, 6.07) is 4.09. The molecule has 0 unspecified atom stereocenters. The summed E-state index contributed by atoms with van der Waals surface area (Å²) in [7, 11) is 0. The van der Waals surface area contributed by atoms with Crippen LogP contribution < -0.4 is 0 Å². The zero-order valence-corrected chi connectivity index (χ0v) is 13.4. The molecule has 23 heavy (non-hydrogen) atoms. The van der Waals surface area contributed by atoms with Crippen molar-refractivity contribution in [1.29, 1.82) is 0 Å². The molecule has 3 rings (SSSR count). The van der Waals surface area contributed by atoms with Crippen LogP contribution in [0.2, 0.25) is 5.02 Å². The van der Waals surface area contributed by atoms with Crippen LogP contribution in [0.1, 0.15) is 48.5 Å². The van der Waals surface area contributed by atoms with Crippen LogP contribution in [0.3, 0.4) is 0 Å². The Labute approximate surface area is 137 Å². The van der Waals surface area contributed by atoms with Crippen molar-refractivity contribution in [3.05, 3.63) is 72.3 Å². The molecule has 0 atom stereocenters. The molecule has 0 radical (unpaired) electrons.